The number of rotatable bonds is 8. The van der Waals surface area contributed by atoms with Crippen molar-refractivity contribution in [2.24, 2.45) is 0 Å². The zero-order chi connectivity index (χ0) is 20.1. The Kier molecular flexibility index (Phi) is 6.15. The number of para-hydroxylation sites is 1. The van der Waals surface area contributed by atoms with Crippen LogP contribution in [0.5, 0.6) is 11.5 Å². The number of hydrogen-bond acceptors (Lipinski definition) is 7. The van der Waals surface area contributed by atoms with Crippen molar-refractivity contribution >= 4 is 11.8 Å². The molecule has 3 rings (SSSR count). The minimum absolute atomic E-state index is 0.297. The second-order valence-corrected chi connectivity index (χ2v) is 7.10. The number of nitrogens with zero attached hydrogens (tertiary/aromatic N) is 4. The summed E-state index contributed by atoms with van der Waals surface area (Å²) in [5.74, 6) is 1.86. The lowest BCUT2D eigenvalue weighted by atomic mass is 10.1. The summed E-state index contributed by atoms with van der Waals surface area (Å²) in [4.78, 5) is 11.0. The largest absolute Gasteiger partial charge is 0.497 e. The van der Waals surface area contributed by atoms with Crippen LogP contribution in [0.1, 0.15) is 16.6 Å². The quantitative estimate of drug-likeness (QED) is 0.323. The third kappa shape index (κ3) is 4.25. The van der Waals surface area contributed by atoms with E-state index in [-0.39, 0.29) is 11.5 Å². The van der Waals surface area contributed by atoms with E-state index in [0.717, 1.165) is 5.69 Å². The maximum absolute atomic E-state index is 11.4. The van der Waals surface area contributed by atoms with Crippen LogP contribution in [-0.2, 0) is 0 Å². The highest BCUT2D eigenvalue weighted by atomic mass is 32.2. The fourth-order valence-corrected chi connectivity index (χ4v) is 4.04. The van der Waals surface area contributed by atoms with E-state index in [4.69, 9.17) is 9.47 Å². The number of methoxy groups -OCH3 is 2. The van der Waals surface area contributed by atoms with Crippen LogP contribution in [0.2, 0.25) is 0 Å². The van der Waals surface area contributed by atoms with Crippen molar-refractivity contribution in [3.8, 4) is 17.2 Å². The molecule has 1 atom stereocenters. The maximum Gasteiger partial charge on any atom is 0.220 e. The molecule has 1 aromatic heterocycles. The van der Waals surface area contributed by atoms with Gasteiger partial charge in [0, 0.05) is 16.2 Å². The Labute approximate surface area is 166 Å². The predicted octanol–water partition coefficient (Wildman–Crippen LogP) is 3.70. The zero-order valence-corrected chi connectivity index (χ0v) is 16.5. The third-order valence-corrected chi connectivity index (χ3v) is 5.32. The molecule has 0 aliphatic carbocycles. The highest BCUT2D eigenvalue weighted by Crippen LogP contribution is 2.41. The lowest BCUT2D eigenvalue weighted by Gasteiger charge is -2.17. The van der Waals surface area contributed by atoms with Gasteiger partial charge in [-0.1, -0.05) is 30.0 Å². The van der Waals surface area contributed by atoms with Crippen molar-refractivity contribution in [1.82, 2.24) is 14.8 Å². The van der Waals surface area contributed by atoms with E-state index in [0.29, 0.717) is 28.0 Å². The first-order valence-electron chi connectivity index (χ1n) is 8.51. The van der Waals surface area contributed by atoms with Crippen molar-refractivity contribution in [3.63, 3.8) is 0 Å². The lowest BCUT2D eigenvalue weighted by Crippen LogP contribution is -2.12. The summed E-state index contributed by atoms with van der Waals surface area (Å²) in [6.07, 6.45) is 0. The third-order valence-electron chi connectivity index (χ3n) is 4.16. The van der Waals surface area contributed by atoms with E-state index >= 15 is 0 Å². The molecule has 0 aliphatic heterocycles. The van der Waals surface area contributed by atoms with Gasteiger partial charge in [0.1, 0.15) is 22.6 Å². The summed E-state index contributed by atoms with van der Waals surface area (Å²) in [5.41, 5.74) is 1.56. The van der Waals surface area contributed by atoms with E-state index in [9.17, 15) is 10.1 Å². The standard InChI is InChI=1S/C19H20N4O4S/c1-13-20-21-19(23(13)14-7-5-4-6-8-14)28-18(12-22(24)25)16-11-15(26-2)9-10-17(16)27-3/h4-11,18H,12H2,1-3H3/t18-/m1/s1. The molecular weight excluding hydrogens is 380 g/mol. The van der Waals surface area contributed by atoms with Crippen LogP contribution in [0.25, 0.3) is 5.69 Å². The molecule has 0 aliphatic rings. The van der Waals surface area contributed by atoms with Crippen molar-refractivity contribution in [2.75, 3.05) is 20.8 Å². The minimum Gasteiger partial charge on any atom is -0.497 e. The number of aryl methyl sites for hydroxylation is 1. The Morgan fingerprint density at radius 2 is 1.89 bits per heavy atom. The van der Waals surface area contributed by atoms with Gasteiger partial charge in [-0.25, -0.2) is 0 Å². The van der Waals surface area contributed by atoms with Gasteiger partial charge in [-0.15, -0.1) is 10.2 Å². The summed E-state index contributed by atoms with van der Waals surface area (Å²) in [6, 6.07) is 14.9. The van der Waals surface area contributed by atoms with Crippen molar-refractivity contribution in [3.05, 3.63) is 70.0 Å². The Morgan fingerprint density at radius 1 is 1.14 bits per heavy atom. The molecule has 0 unspecified atom stereocenters. The molecule has 2 aromatic carbocycles. The van der Waals surface area contributed by atoms with Crippen LogP contribution in [0.3, 0.4) is 0 Å². The van der Waals surface area contributed by atoms with Gasteiger partial charge in [-0.2, -0.15) is 0 Å². The Balaban J connectivity index is 2.03. The van der Waals surface area contributed by atoms with E-state index < -0.39 is 5.25 Å². The molecule has 0 amide bonds. The summed E-state index contributed by atoms with van der Waals surface area (Å²) in [5, 5.41) is 19.8. The molecule has 28 heavy (non-hydrogen) atoms. The molecule has 0 fully saturated rings. The molecule has 0 saturated heterocycles. The van der Waals surface area contributed by atoms with Crippen molar-refractivity contribution < 1.29 is 14.4 Å². The number of ether oxygens (including phenoxy) is 2. The molecule has 9 heteroatoms. The van der Waals surface area contributed by atoms with Gasteiger partial charge in [-0.05, 0) is 37.3 Å². The van der Waals surface area contributed by atoms with Crippen LogP contribution in [0, 0.1) is 17.0 Å². The molecule has 1 heterocycles. The van der Waals surface area contributed by atoms with Gasteiger partial charge < -0.3 is 9.47 Å². The molecule has 0 radical (unpaired) electrons. The number of hydrogen-bond donors (Lipinski definition) is 0. The lowest BCUT2D eigenvalue weighted by molar-refractivity contribution is -0.479. The Morgan fingerprint density at radius 3 is 2.54 bits per heavy atom. The molecule has 0 bridgehead atoms. The number of benzene rings is 2. The molecular formula is C19H20N4O4S. The summed E-state index contributed by atoms with van der Waals surface area (Å²) >= 11 is 1.27. The predicted molar refractivity (Wildman–Crippen MR) is 106 cm³/mol. The van der Waals surface area contributed by atoms with Gasteiger partial charge in [-0.3, -0.25) is 14.7 Å². The van der Waals surface area contributed by atoms with E-state index in [1.807, 2.05) is 41.8 Å². The minimum atomic E-state index is -0.536. The number of thioether (sulfide) groups is 1. The highest BCUT2D eigenvalue weighted by molar-refractivity contribution is 7.99. The second kappa shape index (κ2) is 8.75. The van der Waals surface area contributed by atoms with Gasteiger partial charge in [0.05, 0.1) is 14.2 Å². The van der Waals surface area contributed by atoms with Crippen LogP contribution in [0.4, 0.5) is 0 Å². The van der Waals surface area contributed by atoms with E-state index in [1.165, 1.54) is 18.9 Å². The van der Waals surface area contributed by atoms with Crippen molar-refractivity contribution in [2.45, 2.75) is 17.3 Å². The SMILES string of the molecule is COc1ccc(OC)c([C@@H](C[N+](=O)[O-])Sc2nnc(C)n2-c2ccccc2)c1. The summed E-state index contributed by atoms with van der Waals surface area (Å²) < 4.78 is 12.6. The fourth-order valence-electron chi connectivity index (χ4n) is 2.85. The molecule has 0 N–H and O–H groups in total. The van der Waals surface area contributed by atoms with Gasteiger partial charge in [0.2, 0.25) is 6.54 Å². The number of nitro groups is 1. The second-order valence-electron chi connectivity index (χ2n) is 5.93. The molecule has 146 valence electrons. The first-order chi connectivity index (χ1) is 13.5. The van der Waals surface area contributed by atoms with Crippen LogP contribution < -0.4 is 9.47 Å². The highest BCUT2D eigenvalue weighted by Gasteiger charge is 2.27. The summed E-state index contributed by atoms with van der Waals surface area (Å²) in [6.45, 7) is 1.55. The van der Waals surface area contributed by atoms with E-state index in [2.05, 4.69) is 10.2 Å². The van der Waals surface area contributed by atoms with Crippen molar-refractivity contribution in [1.29, 1.82) is 0 Å². The van der Waals surface area contributed by atoms with Gasteiger partial charge in [0.25, 0.3) is 0 Å². The van der Waals surface area contributed by atoms with Crippen LogP contribution in [-0.4, -0.2) is 40.5 Å². The van der Waals surface area contributed by atoms with E-state index in [1.54, 1.807) is 25.3 Å². The average molecular weight is 400 g/mol. The summed E-state index contributed by atoms with van der Waals surface area (Å²) in [7, 11) is 3.09. The van der Waals surface area contributed by atoms with Gasteiger partial charge in [0.15, 0.2) is 5.16 Å². The topological polar surface area (TPSA) is 92.3 Å². The smallest absolute Gasteiger partial charge is 0.220 e. The molecule has 0 saturated carbocycles. The van der Waals surface area contributed by atoms with Crippen LogP contribution in [0.15, 0.2) is 53.7 Å². The number of aromatic nitrogens is 3. The zero-order valence-electron chi connectivity index (χ0n) is 15.7. The normalized spacial score (nSPS) is 11.8. The monoisotopic (exact) mass is 400 g/mol. The molecule has 0 spiro atoms. The first kappa shape index (κ1) is 19.7. The average Bonchev–Trinajstić information content (AvgIpc) is 3.07. The Bertz CT molecular complexity index is 962. The van der Waals surface area contributed by atoms with Crippen LogP contribution >= 0.6 is 11.8 Å². The Hall–Kier alpha value is -3.07. The first-order valence-corrected chi connectivity index (χ1v) is 9.39. The molecule has 3 aromatic rings. The molecule has 8 nitrogen and oxygen atoms in total. The maximum atomic E-state index is 11.4. The van der Waals surface area contributed by atoms with Gasteiger partial charge >= 0.3 is 0 Å². The fraction of sp³-hybridized carbons (Fsp3) is 0.263.